The van der Waals surface area contributed by atoms with Crippen LogP contribution in [-0.4, -0.2) is 12.1 Å². The normalized spacial score (nSPS) is 12.5. The fraction of sp³-hybridized carbons (Fsp3) is 0.538. The molecule has 15 heavy (non-hydrogen) atoms. The van der Waals surface area contributed by atoms with Crippen molar-refractivity contribution in [2.45, 2.75) is 39.7 Å². The van der Waals surface area contributed by atoms with E-state index in [-0.39, 0.29) is 5.54 Å². The lowest BCUT2D eigenvalue weighted by Gasteiger charge is -2.19. The molecule has 0 aliphatic heterocycles. The highest BCUT2D eigenvalue weighted by Crippen LogP contribution is 2.14. The average molecular weight is 223 g/mol. The summed E-state index contributed by atoms with van der Waals surface area (Å²) in [5, 5.41) is 5.66. The predicted octanol–water partition coefficient (Wildman–Crippen LogP) is 3.85. The van der Waals surface area contributed by atoms with Crippen LogP contribution in [0.4, 0.5) is 0 Å². The molecule has 0 radical (unpaired) electrons. The lowest BCUT2D eigenvalue weighted by atomic mass is 10.1. The van der Waals surface area contributed by atoms with E-state index in [1.807, 2.05) is 0 Å². The van der Waals surface area contributed by atoms with Gasteiger partial charge in [-0.25, -0.2) is 0 Å². The zero-order valence-electron chi connectivity index (χ0n) is 10.1. The Balaban J connectivity index is 2.23. The van der Waals surface area contributed by atoms with E-state index >= 15 is 0 Å². The van der Waals surface area contributed by atoms with Crippen LogP contribution in [0.2, 0.25) is 0 Å². The van der Waals surface area contributed by atoms with E-state index in [2.05, 4.69) is 56.6 Å². The number of nitrogens with one attached hydrogen (secondary N) is 1. The van der Waals surface area contributed by atoms with Crippen molar-refractivity contribution >= 4 is 17.4 Å². The second-order valence-corrected chi connectivity index (χ2v) is 5.97. The first-order chi connectivity index (χ1) is 6.97. The minimum absolute atomic E-state index is 0.229. The van der Waals surface area contributed by atoms with Crippen LogP contribution >= 0.6 is 11.3 Å². The largest absolute Gasteiger partial charge is 0.312 e. The third-order valence-corrected chi connectivity index (χ3v) is 2.91. The molecule has 0 aliphatic carbocycles. The predicted molar refractivity (Wildman–Crippen MR) is 70.5 cm³/mol. The van der Waals surface area contributed by atoms with E-state index in [1.54, 1.807) is 11.3 Å². The van der Waals surface area contributed by atoms with Gasteiger partial charge in [-0.3, -0.25) is 0 Å². The standard InChI is InChI=1S/C13H21NS/c1-11-9-12(10-15-11)7-5-6-8-14-13(2,3)4/h5,7,9-10,14H,6,8H2,1-4H3. The Morgan fingerprint density at radius 3 is 2.67 bits per heavy atom. The van der Waals surface area contributed by atoms with Crippen molar-refractivity contribution < 1.29 is 0 Å². The number of aryl methyl sites for hydroxylation is 1. The molecule has 0 spiro atoms. The molecule has 0 aliphatic rings. The number of hydrogen-bond donors (Lipinski definition) is 1. The molecule has 0 amide bonds. The van der Waals surface area contributed by atoms with Crippen LogP contribution in [0.1, 0.15) is 37.6 Å². The molecule has 1 N–H and O–H groups in total. The van der Waals surface area contributed by atoms with Crippen LogP contribution in [0.25, 0.3) is 6.08 Å². The van der Waals surface area contributed by atoms with E-state index in [9.17, 15) is 0 Å². The third kappa shape index (κ3) is 5.75. The molecule has 1 aromatic heterocycles. The molecule has 0 unspecified atom stereocenters. The summed E-state index contributed by atoms with van der Waals surface area (Å²) in [5.41, 5.74) is 1.56. The molecule has 0 fully saturated rings. The number of thiophene rings is 1. The Morgan fingerprint density at radius 2 is 2.13 bits per heavy atom. The van der Waals surface area contributed by atoms with Gasteiger partial charge >= 0.3 is 0 Å². The Hall–Kier alpha value is -0.600. The van der Waals surface area contributed by atoms with E-state index in [0.717, 1.165) is 13.0 Å². The van der Waals surface area contributed by atoms with Crippen molar-refractivity contribution in [3.8, 4) is 0 Å². The van der Waals surface area contributed by atoms with Gasteiger partial charge in [0.15, 0.2) is 0 Å². The van der Waals surface area contributed by atoms with Gasteiger partial charge in [0, 0.05) is 10.4 Å². The zero-order valence-corrected chi connectivity index (χ0v) is 10.9. The van der Waals surface area contributed by atoms with Crippen LogP contribution < -0.4 is 5.32 Å². The Bertz CT molecular complexity index is 318. The highest BCUT2D eigenvalue weighted by Gasteiger charge is 2.06. The van der Waals surface area contributed by atoms with Crippen molar-refractivity contribution in [1.82, 2.24) is 5.32 Å². The zero-order chi connectivity index (χ0) is 11.3. The minimum atomic E-state index is 0.229. The minimum Gasteiger partial charge on any atom is -0.312 e. The maximum absolute atomic E-state index is 3.46. The Morgan fingerprint density at radius 1 is 1.40 bits per heavy atom. The highest BCUT2D eigenvalue weighted by molar-refractivity contribution is 7.10. The second kappa shape index (κ2) is 5.47. The average Bonchev–Trinajstić information content (AvgIpc) is 2.49. The molecule has 1 heterocycles. The van der Waals surface area contributed by atoms with Crippen LogP contribution in [0.3, 0.4) is 0 Å². The molecule has 0 bridgehead atoms. The molecule has 1 rings (SSSR count). The first-order valence-electron chi connectivity index (χ1n) is 5.44. The van der Waals surface area contributed by atoms with Gasteiger partial charge in [-0.1, -0.05) is 12.2 Å². The van der Waals surface area contributed by atoms with Gasteiger partial charge in [-0.05, 0) is 57.7 Å². The molecule has 2 heteroatoms. The third-order valence-electron chi connectivity index (χ3n) is 2.03. The Labute approximate surface area is 97.2 Å². The van der Waals surface area contributed by atoms with E-state index in [1.165, 1.54) is 10.4 Å². The van der Waals surface area contributed by atoms with E-state index in [4.69, 9.17) is 0 Å². The maximum atomic E-state index is 3.46. The van der Waals surface area contributed by atoms with Crippen molar-refractivity contribution in [3.63, 3.8) is 0 Å². The van der Waals surface area contributed by atoms with Crippen molar-refractivity contribution in [2.24, 2.45) is 0 Å². The molecule has 0 atom stereocenters. The summed E-state index contributed by atoms with van der Waals surface area (Å²) in [7, 11) is 0. The summed E-state index contributed by atoms with van der Waals surface area (Å²) in [6.45, 7) is 9.77. The lowest BCUT2D eigenvalue weighted by molar-refractivity contribution is 0.431. The van der Waals surface area contributed by atoms with E-state index < -0.39 is 0 Å². The molecule has 1 nitrogen and oxygen atoms in total. The summed E-state index contributed by atoms with van der Waals surface area (Å²) in [6.07, 6.45) is 5.53. The molecule has 84 valence electrons. The summed E-state index contributed by atoms with van der Waals surface area (Å²) in [5.74, 6) is 0. The number of hydrogen-bond acceptors (Lipinski definition) is 2. The topological polar surface area (TPSA) is 12.0 Å². The summed E-state index contributed by atoms with van der Waals surface area (Å²) in [4.78, 5) is 1.38. The van der Waals surface area contributed by atoms with Crippen molar-refractivity contribution in [3.05, 3.63) is 28.0 Å². The molecule has 0 aromatic carbocycles. The maximum Gasteiger partial charge on any atom is 0.00966 e. The van der Waals surface area contributed by atoms with Crippen LogP contribution in [0, 0.1) is 6.92 Å². The first kappa shape index (κ1) is 12.5. The van der Waals surface area contributed by atoms with Crippen LogP contribution in [0.5, 0.6) is 0 Å². The smallest absolute Gasteiger partial charge is 0.00966 e. The Kier molecular flexibility index (Phi) is 4.55. The van der Waals surface area contributed by atoms with Gasteiger partial charge in [0.25, 0.3) is 0 Å². The van der Waals surface area contributed by atoms with Gasteiger partial charge in [0.1, 0.15) is 0 Å². The lowest BCUT2D eigenvalue weighted by Crippen LogP contribution is -2.36. The van der Waals surface area contributed by atoms with Gasteiger partial charge in [-0.2, -0.15) is 0 Å². The molecule has 0 saturated carbocycles. The van der Waals surface area contributed by atoms with Crippen molar-refractivity contribution in [2.75, 3.05) is 6.54 Å². The first-order valence-corrected chi connectivity index (χ1v) is 6.32. The fourth-order valence-electron chi connectivity index (χ4n) is 1.30. The SMILES string of the molecule is Cc1cc(C=CCCNC(C)(C)C)cs1. The fourth-order valence-corrected chi connectivity index (χ4v) is 1.97. The molecule has 0 saturated heterocycles. The molecule has 1 aromatic rings. The molecular formula is C13H21NS. The summed E-state index contributed by atoms with van der Waals surface area (Å²) < 4.78 is 0. The monoisotopic (exact) mass is 223 g/mol. The van der Waals surface area contributed by atoms with Crippen LogP contribution in [-0.2, 0) is 0 Å². The molecular weight excluding hydrogens is 202 g/mol. The van der Waals surface area contributed by atoms with Crippen molar-refractivity contribution in [1.29, 1.82) is 0 Å². The summed E-state index contributed by atoms with van der Waals surface area (Å²) in [6, 6.07) is 2.22. The van der Waals surface area contributed by atoms with E-state index in [0.29, 0.717) is 0 Å². The van der Waals surface area contributed by atoms with Gasteiger partial charge in [-0.15, -0.1) is 11.3 Å². The number of rotatable bonds is 4. The van der Waals surface area contributed by atoms with Gasteiger partial charge in [0.05, 0.1) is 0 Å². The summed E-state index contributed by atoms with van der Waals surface area (Å²) >= 11 is 1.81. The van der Waals surface area contributed by atoms with Crippen LogP contribution in [0.15, 0.2) is 17.5 Å². The van der Waals surface area contributed by atoms with Gasteiger partial charge in [0.2, 0.25) is 0 Å². The second-order valence-electron chi connectivity index (χ2n) is 4.86. The highest BCUT2D eigenvalue weighted by atomic mass is 32.1. The van der Waals surface area contributed by atoms with Gasteiger partial charge < -0.3 is 5.32 Å². The quantitative estimate of drug-likeness (QED) is 0.765.